The van der Waals surface area contributed by atoms with Gasteiger partial charge >= 0.3 is 6.18 Å². The predicted molar refractivity (Wildman–Crippen MR) is 105 cm³/mol. The first-order chi connectivity index (χ1) is 14.2. The van der Waals surface area contributed by atoms with E-state index in [0.29, 0.717) is 5.56 Å². The highest BCUT2D eigenvalue weighted by atomic mass is 19.4. The molecule has 0 saturated carbocycles. The number of halogens is 3. The van der Waals surface area contributed by atoms with Gasteiger partial charge in [0.05, 0.1) is 5.56 Å². The minimum absolute atomic E-state index is 0.226. The molecule has 3 aromatic rings. The molecule has 0 spiro atoms. The fourth-order valence-electron chi connectivity index (χ4n) is 3.29. The van der Waals surface area contributed by atoms with Crippen molar-refractivity contribution in [2.45, 2.75) is 18.8 Å². The number of aromatic nitrogens is 1. The first kappa shape index (κ1) is 21.2. The lowest BCUT2D eigenvalue weighted by molar-refractivity contribution is -0.137. The topological polar surface area (TPSA) is 68.3 Å². The Kier molecular flexibility index (Phi) is 5.96. The fourth-order valence-corrected chi connectivity index (χ4v) is 3.29. The van der Waals surface area contributed by atoms with E-state index in [1.807, 2.05) is 0 Å². The molecule has 0 aliphatic carbocycles. The molecule has 0 fully saturated rings. The van der Waals surface area contributed by atoms with Gasteiger partial charge in [0, 0.05) is 19.8 Å². The minimum Gasteiger partial charge on any atom is -0.368 e. The Morgan fingerprint density at radius 3 is 2.30 bits per heavy atom. The third-order valence-electron chi connectivity index (χ3n) is 4.73. The molecular formula is C22H20F3N3O2. The molecule has 2 N–H and O–H groups in total. The summed E-state index contributed by atoms with van der Waals surface area (Å²) in [6.07, 6.45) is -2.86. The second kappa shape index (κ2) is 8.44. The number of carbonyl (C=O) groups excluding carboxylic acids is 2. The van der Waals surface area contributed by atoms with Gasteiger partial charge in [-0.3, -0.25) is 9.59 Å². The maximum Gasteiger partial charge on any atom is 0.416 e. The van der Waals surface area contributed by atoms with E-state index in [0.717, 1.165) is 12.1 Å². The molecule has 0 aliphatic rings. The van der Waals surface area contributed by atoms with E-state index in [-0.39, 0.29) is 17.8 Å². The molecule has 1 aromatic heterocycles. The van der Waals surface area contributed by atoms with Gasteiger partial charge in [0.25, 0.3) is 5.91 Å². The van der Waals surface area contributed by atoms with E-state index in [1.165, 1.54) is 17.0 Å². The van der Waals surface area contributed by atoms with Crippen LogP contribution < -0.4 is 5.73 Å². The molecule has 0 bridgehead atoms. The van der Waals surface area contributed by atoms with Crippen LogP contribution in [0.3, 0.4) is 0 Å². The first-order valence-corrected chi connectivity index (χ1v) is 9.11. The van der Waals surface area contributed by atoms with Crippen LogP contribution in [-0.2, 0) is 24.6 Å². The summed E-state index contributed by atoms with van der Waals surface area (Å²) in [6, 6.07) is 15.2. The van der Waals surface area contributed by atoms with Gasteiger partial charge < -0.3 is 15.2 Å². The Labute approximate surface area is 171 Å². The average Bonchev–Trinajstić information content (AvgIpc) is 3.13. The number of benzene rings is 2. The van der Waals surface area contributed by atoms with E-state index in [1.54, 1.807) is 60.3 Å². The van der Waals surface area contributed by atoms with Gasteiger partial charge in [-0.25, -0.2) is 0 Å². The number of hydrogen-bond acceptors (Lipinski definition) is 2. The van der Waals surface area contributed by atoms with Crippen LogP contribution in [0, 0.1) is 0 Å². The molecular weight excluding hydrogens is 395 g/mol. The van der Waals surface area contributed by atoms with Crippen molar-refractivity contribution in [2.75, 3.05) is 0 Å². The number of nitrogens with zero attached hydrogens (tertiary/aromatic N) is 2. The fraction of sp³-hybridized carbons (Fsp3) is 0.182. The van der Waals surface area contributed by atoms with Gasteiger partial charge in [0.2, 0.25) is 5.91 Å². The molecule has 2 aromatic carbocycles. The SMILES string of the molecule is Cn1cccc1C(=O)N(Cc1cccc(C(F)(F)F)c1)[C@@H](C(N)=O)c1ccccc1. The smallest absolute Gasteiger partial charge is 0.368 e. The third-order valence-corrected chi connectivity index (χ3v) is 4.73. The molecule has 1 heterocycles. The van der Waals surface area contributed by atoms with Gasteiger partial charge in [-0.15, -0.1) is 0 Å². The Balaban J connectivity index is 2.07. The number of rotatable bonds is 6. The normalized spacial score (nSPS) is 12.4. The number of primary amides is 1. The highest BCUT2D eigenvalue weighted by Gasteiger charge is 2.33. The zero-order valence-electron chi connectivity index (χ0n) is 16.1. The molecule has 3 rings (SSSR count). The number of alkyl halides is 3. The van der Waals surface area contributed by atoms with Crippen molar-refractivity contribution in [2.24, 2.45) is 12.8 Å². The van der Waals surface area contributed by atoms with Crippen molar-refractivity contribution in [1.29, 1.82) is 0 Å². The highest BCUT2D eigenvalue weighted by Crippen LogP contribution is 2.31. The van der Waals surface area contributed by atoms with Crippen LogP contribution in [-0.4, -0.2) is 21.3 Å². The lowest BCUT2D eigenvalue weighted by Gasteiger charge is -2.30. The van der Waals surface area contributed by atoms with E-state index in [4.69, 9.17) is 5.73 Å². The summed E-state index contributed by atoms with van der Waals surface area (Å²) in [5.41, 5.74) is 5.78. The van der Waals surface area contributed by atoms with Crippen molar-refractivity contribution < 1.29 is 22.8 Å². The number of carbonyl (C=O) groups is 2. The number of hydrogen-bond donors (Lipinski definition) is 1. The Bertz CT molecular complexity index is 1050. The van der Waals surface area contributed by atoms with Crippen LogP contribution in [0.15, 0.2) is 72.9 Å². The average molecular weight is 415 g/mol. The molecule has 2 amide bonds. The molecule has 30 heavy (non-hydrogen) atoms. The summed E-state index contributed by atoms with van der Waals surface area (Å²) in [6.45, 7) is -0.226. The lowest BCUT2D eigenvalue weighted by Crippen LogP contribution is -2.42. The van der Waals surface area contributed by atoms with E-state index in [2.05, 4.69) is 0 Å². The maximum atomic E-state index is 13.3. The summed E-state index contributed by atoms with van der Waals surface area (Å²) < 4.78 is 41.0. The second-order valence-electron chi connectivity index (χ2n) is 6.85. The Morgan fingerprint density at radius 1 is 1.03 bits per heavy atom. The Morgan fingerprint density at radius 2 is 1.73 bits per heavy atom. The zero-order chi connectivity index (χ0) is 21.9. The number of nitrogens with two attached hydrogens (primary N) is 1. The molecule has 8 heteroatoms. The third kappa shape index (κ3) is 4.53. The van der Waals surface area contributed by atoms with Crippen molar-refractivity contribution in [3.63, 3.8) is 0 Å². The molecule has 1 atom stereocenters. The molecule has 5 nitrogen and oxygen atoms in total. The van der Waals surface area contributed by atoms with Crippen LogP contribution in [0.1, 0.15) is 33.2 Å². The summed E-state index contributed by atoms with van der Waals surface area (Å²) in [5.74, 6) is -1.30. The van der Waals surface area contributed by atoms with Crippen LogP contribution in [0.4, 0.5) is 13.2 Å². The molecule has 0 aliphatic heterocycles. The zero-order valence-corrected chi connectivity index (χ0v) is 16.1. The highest BCUT2D eigenvalue weighted by molar-refractivity contribution is 5.96. The van der Waals surface area contributed by atoms with Gasteiger partial charge in [-0.05, 0) is 35.4 Å². The summed E-state index contributed by atoms with van der Waals surface area (Å²) in [4.78, 5) is 26.9. The molecule has 0 saturated heterocycles. The predicted octanol–water partition coefficient (Wildman–Crippen LogP) is 3.91. The van der Waals surface area contributed by atoms with Crippen molar-refractivity contribution in [1.82, 2.24) is 9.47 Å². The van der Waals surface area contributed by atoms with Gasteiger partial charge in [-0.2, -0.15) is 13.2 Å². The summed E-state index contributed by atoms with van der Waals surface area (Å²) in [7, 11) is 1.66. The van der Waals surface area contributed by atoms with Gasteiger partial charge in [-0.1, -0.05) is 42.5 Å². The monoisotopic (exact) mass is 415 g/mol. The first-order valence-electron chi connectivity index (χ1n) is 9.11. The summed E-state index contributed by atoms with van der Waals surface area (Å²) >= 11 is 0. The van der Waals surface area contributed by atoms with Crippen LogP contribution in [0.5, 0.6) is 0 Å². The minimum atomic E-state index is -4.52. The van der Waals surface area contributed by atoms with E-state index in [9.17, 15) is 22.8 Å². The van der Waals surface area contributed by atoms with Crippen molar-refractivity contribution >= 4 is 11.8 Å². The van der Waals surface area contributed by atoms with E-state index < -0.39 is 29.6 Å². The standard InChI is InChI=1S/C22H20F3N3O2/c1-27-12-6-11-18(27)21(30)28(19(20(26)29)16-8-3-2-4-9-16)14-15-7-5-10-17(13-15)22(23,24)25/h2-13,19H,14H2,1H3,(H2,26,29)/t19-/m1/s1. The number of aryl methyl sites for hydroxylation is 1. The quantitative estimate of drug-likeness (QED) is 0.663. The molecule has 0 unspecified atom stereocenters. The largest absolute Gasteiger partial charge is 0.416 e. The van der Waals surface area contributed by atoms with Crippen molar-refractivity contribution in [3.05, 3.63) is 95.3 Å². The van der Waals surface area contributed by atoms with E-state index >= 15 is 0 Å². The molecule has 156 valence electrons. The Hall–Kier alpha value is -3.55. The number of amides is 2. The van der Waals surface area contributed by atoms with Crippen LogP contribution in [0.25, 0.3) is 0 Å². The lowest BCUT2D eigenvalue weighted by atomic mass is 10.0. The summed E-state index contributed by atoms with van der Waals surface area (Å²) in [5, 5.41) is 0. The van der Waals surface area contributed by atoms with Crippen molar-refractivity contribution in [3.8, 4) is 0 Å². The van der Waals surface area contributed by atoms with Crippen LogP contribution in [0.2, 0.25) is 0 Å². The second-order valence-corrected chi connectivity index (χ2v) is 6.85. The van der Waals surface area contributed by atoms with Gasteiger partial charge in [0.1, 0.15) is 11.7 Å². The van der Waals surface area contributed by atoms with Gasteiger partial charge in [0.15, 0.2) is 0 Å². The molecule has 0 radical (unpaired) electrons. The maximum absolute atomic E-state index is 13.3. The van der Waals surface area contributed by atoms with Crippen LogP contribution >= 0.6 is 0 Å².